The zero-order chi connectivity index (χ0) is 14.2. The SMILES string of the molecule is CCCNC1CCCCCC1Oc1ccccc1CC. The first kappa shape index (κ1) is 15.4. The molecule has 1 N–H and O–H groups in total. The number of ether oxygens (including phenoxy) is 1. The molecule has 1 aromatic carbocycles. The van der Waals surface area contributed by atoms with Gasteiger partial charge in [0.25, 0.3) is 0 Å². The minimum absolute atomic E-state index is 0.330. The van der Waals surface area contributed by atoms with E-state index in [1.807, 2.05) is 0 Å². The van der Waals surface area contributed by atoms with E-state index in [2.05, 4.69) is 43.4 Å². The lowest BCUT2D eigenvalue weighted by atomic mass is 10.1. The molecule has 2 unspecified atom stereocenters. The van der Waals surface area contributed by atoms with Crippen LogP contribution < -0.4 is 10.1 Å². The summed E-state index contributed by atoms with van der Waals surface area (Å²) in [4.78, 5) is 0. The first-order valence-electron chi connectivity index (χ1n) is 8.33. The van der Waals surface area contributed by atoms with E-state index in [0.29, 0.717) is 12.1 Å². The number of hydrogen-bond acceptors (Lipinski definition) is 2. The summed E-state index contributed by atoms with van der Waals surface area (Å²) in [5, 5.41) is 3.69. The van der Waals surface area contributed by atoms with Crippen molar-refractivity contribution in [3.05, 3.63) is 29.8 Å². The van der Waals surface area contributed by atoms with Gasteiger partial charge in [-0.1, -0.05) is 44.9 Å². The molecule has 112 valence electrons. The Bertz CT molecular complexity index is 391. The Morgan fingerprint density at radius 2 is 1.90 bits per heavy atom. The fourth-order valence-corrected chi connectivity index (χ4v) is 3.05. The summed E-state index contributed by atoms with van der Waals surface area (Å²) in [5.41, 5.74) is 1.32. The van der Waals surface area contributed by atoms with Gasteiger partial charge in [0.05, 0.1) is 0 Å². The molecule has 1 fully saturated rings. The van der Waals surface area contributed by atoms with E-state index in [1.165, 1.54) is 44.1 Å². The summed E-state index contributed by atoms with van der Waals surface area (Å²) < 4.78 is 6.40. The van der Waals surface area contributed by atoms with Crippen LogP contribution in [0.3, 0.4) is 0 Å². The fraction of sp³-hybridized carbons (Fsp3) is 0.667. The van der Waals surface area contributed by atoms with Crippen LogP contribution in [0.25, 0.3) is 0 Å². The maximum Gasteiger partial charge on any atom is 0.122 e. The van der Waals surface area contributed by atoms with Crippen molar-refractivity contribution in [1.29, 1.82) is 0 Å². The molecule has 2 nitrogen and oxygen atoms in total. The van der Waals surface area contributed by atoms with E-state index in [1.54, 1.807) is 0 Å². The third-order valence-electron chi connectivity index (χ3n) is 4.24. The molecule has 2 atom stereocenters. The lowest BCUT2D eigenvalue weighted by molar-refractivity contribution is 0.143. The number of aryl methyl sites for hydroxylation is 1. The number of nitrogens with one attached hydrogen (secondary N) is 1. The molecule has 0 heterocycles. The zero-order valence-corrected chi connectivity index (χ0v) is 13.0. The molecule has 0 saturated heterocycles. The summed E-state index contributed by atoms with van der Waals surface area (Å²) >= 11 is 0. The van der Waals surface area contributed by atoms with Crippen molar-refractivity contribution in [3.8, 4) is 5.75 Å². The molecule has 1 aromatic rings. The minimum atomic E-state index is 0.330. The van der Waals surface area contributed by atoms with Crippen LogP contribution in [-0.2, 0) is 6.42 Å². The molecule has 2 heteroatoms. The topological polar surface area (TPSA) is 21.3 Å². The molecule has 0 amide bonds. The lowest BCUT2D eigenvalue weighted by Crippen LogP contribution is -2.42. The highest BCUT2D eigenvalue weighted by molar-refractivity contribution is 5.33. The Balaban J connectivity index is 2.06. The highest BCUT2D eigenvalue weighted by Gasteiger charge is 2.25. The predicted octanol–water partition coefficient (Wildman–Crippen LogP) is 4.33. The van der Waals surface area contributed by atoms with E-state index >= 15 is 0 Å². The highest BCUT2D eigenvalue weighted by atomic mass is 16.5. The second-order valence-corrected chi connectivity index (χ2v) is 5.82. The van der Waals surface area contributed by atoms with E-state index in [0.717, 1.165) is 18.7 Å². The summed E-state index contributed by atoms with van der Waals surface area (Å²) in [7, 11) is 0. The van der Waals surface area contributed by atoms with Crippen LogP contribution in [0.5, 0.6) is 5.75 Å². The molecular formula is C18H29NO. The molecule has 0 radical (unpaired) electrons. The second kappa shape index (κ2) is 8.31. The summed E-state index contributed by atoms with van der Waals surface area (Å²) in [6.45, 7) is 5.52. The highest BCUT2D eigenvalue weighted by Crippen LogP contribution is 2.26. The molecule has 1 aliphatic carbocycles. The average molecular weight is 275 g/mol. The van der Waals surface area contributed by atoms with Gasteiger partial charge in [0.1, 0.15) is 11.9 Å². The van der Waals surface area contributed by atoms with Crippen molar-refractivity contribution in [2.45, 2.75) is 70.9 Å². The molecule has 0 aliphatic heterocycles. The molecule has 0 bridgehead atoms. The Kier molecular flexibility index (Phi) is 6.38. The van der Waals surface area contributed by atoms with Crippen LogP contribution in [0.1, 0.15) is 57.9 Å². The summed E-state index contributed by atoms with van der Waals surface area (Å²) in [6.07, 6.45) is 8.96. The lowest BCUT2D eigenvalue weighted by Gasteiger charge is -2.28. The normalized spacial score (nSPS) is 23.3. The van der Waals surface area contributed by atoms with Gasteiger partial charge in [0.2, 0.25) is 0 Å². The third kappa shape index (κ3) is 4.24. The summed E-state index contributed by atoms with van der Waals surface area (Å²) in [6, 6.07) is 9.01. The Labute approximate surface area is 123 Å². The van der Waals surface area contributed by atoms with Crippen molar-refractivity contribution < 1.29 is 4.74 Å². The summed E-state index contributed by atoms with van der Waals surface area (Å²) in [5.74, 6) is 1.09. The van der Waals surface area contributed by atoms with Crippen LogP contribution in [-0.4, -0.2) is 18.7 Å². The smallest absolute Gasteiger partial charge is 0.122 e. The molecule has 0 spiro atoms. The fourth-order valence-electron chi connectivity index (χ4n) is 3.05. The average Bonchev–Trinajstić information content (AvgIpc) is 2.71. The van der Waals surface area contributed by atoms with Crippen LogP contribution in [0, 0.1) is 0 Å². The van der Waals surface area contributed by atoms with Crippen LogP contribution in [0.2, 0.25) is 0 Å². The second-order valence-electron chi connectivity index (χ2n) is 5.82. The van der Waals surface area contributed by atoms with Crippen LogP contribution >= 0.6 is 0 Å². The quantitative estimate of drug-likeness (QED) is 0.780. The molecular weight excluding hydrogens is 246 g/mol. The van der Waals surface area contributed by atoms with Crippen molar-refractivity contribution in [3.63, 3.8) is 0 Å². The maximum atomic E-state index is 6.40. The molecule has 1 saturated carbocycles. The van der Waals surface area contributed by atoms with E-state index in [-0.39, 0.29) is 0 Å². The van der Waals surface area contributed by atoms with Gasteiger partial charge in [0.15, 0.2) is 0 Å². The molecule has 2 rings (SSSR count). The Hall–Kier alpha value is -1.02. The Morgan fingerprint density at radius 3 is 2.70 bits per heavy atom. The van der Waals surface area contributed by atoms with Crippen molar-refractivity contribution in [1.82, 2.24) is 5.32 Å². The van der Waals surface area contributed by atoms with E-state index in [9.17, 15) is 0 Å². The van der Waals surface area contributed by atoms with Gasteiger partial charge in [-0.3, -0.25) is 0 Å². The van der Waals surface area contributed by atoms with Gasteiger partial charge >= 0.3 is 0 Å². The van der Waals surface area contributed by atoms with Gasteiger partial charge in [0, 0.05) is 6.04 Å². The van der Waals surface area contributed by atoms with Gasteiger partial charge in [-0.2, -0.15) is 0 Å². The first-order chi connectivity index (χ1) is 9.85. The van der Waals surface area contributed by atoms with Gasteiger partial charge < -0.3 is 10.1 Å². The van der Waals surface area contributed by atoms with E-state index < -0.39 is 0 Å². The van der Waals surface area contributed by atoms with Gasteiger partial charge in [-0.25, -0.2) is 0 Å². The standard InChI is InChI=1S/C18H29NO/c1-3-14-19-16-11-6-5-7-13-18(16)20-17-12-9-8-10-15(17)4-2/h8-10,12,16,18-19H,3-7,11,13-14H2,1-2H3. The largest absolute Gasteiger partial charge is 0.489 e. The number of hydrogen-bond donors (Lipinski definition) is 1. The minimum Gasteiger partial charge on any atom is -0.489 e. The van der Waals surface area contributed by atoms with Gasteiger partial charge in [-0.15, -0.1) is 0 Å². The van der Waals surface area contributed by atoms with Crippen molar-refractivity contribution in [2.24, 2.45) is 0 Å². The number of benzene rings is 1. The van der Waals surface area contributed by atoms with Crippen molar-refractivity contribution in [2.75, 3.05) is 6.54 Å². The molecule has 0 aromatic heterocycles. The molecule has 20 heavy (non-hydrogen) atoms. The maximum absolute atomic E-state index is 6.40. The third-order valence-corrected chi connectivity index (χ3v) is 4.24. The first-order valence-corrected chi connectivity index (χ1v) is 8.33. The van der Waals surface area contributed by atoms with Crippen LogP contribution in [0.4, 0.5) is 0 Å². The number of para-hydroxylation sites is 1. The number of rotatable bonds is 6. The van der Waals surface area contributed by atoms with Crippen molar-refractivity contribution >= 4 is 0 Å². The van der Waals surface area contributed by atoms with E-state index in [4.69, 9.17) is 4.74 Å². The zero-order valence-electron chi connectivity index (χ0n) is 13.0. The predicted molar refractivity (Wildman–Crippen MR) is 85.4 cm³/mol. The Morgan fingerprint density at radius 1 is 1.10 bits per heavy atom. The van der Waals surface area contributed by atoms with Crippen LogP contribution in [0.15, 0.2) is 24.3 Å². The van der Waals surface area contributed by atoms with Gasteiger partial charge in [-0.05, 0) is 50.3 Å². The monoisotopic (exact) mass is 275 g/mol. The molecule has 1 aliphatic rings.